The molecule has 0 spiro atoms. The van der Waals surface area contributed by atoms with Gasteiger partial charge < -0.3 is 4.74 Å². The van der Waals surface area contributed by atoms with Crippen molar-refractivity contribution in [1.29, 1.82) is 0 Å². The van der Waals surface area contributed by atoms with Gasteiger partial charge in [-0.2, -0.15) is 0 Å². The number of carbonyl (C=O) groups is 2. The van der Waals surface area contributed by atoms with E-state index in [0.29, 0.717) is 35.0 Å². The predicted octanol–water partition coefficient (Wildman–Crippen LogP) is 9.21. The molecule has 5 rings (SSSR count). The third-order valence-corrected chi connectivity index (χ3v) is 12.1. The van der Waals surface area contributed by atoms with Crippen molar-refractivity contribution >= 4 is 11.8 Å². The summed E-state index contributed by atoms with van der Waals surface area (Å²) in [5, 5.41) is 0. The molecular weight excluding hydrogens is 480 g/mol. The molecule has 0 N–H and O–H groups in total. The maximum Gasteiger partial charge on any atom is 0.338 e. The van der Waals surface area contributed by atoms with E-state index in [0.717, 1.165) is 44.4 Å². The Kier molecular flexibility index (Phi) is 7.70. The van der Waals surface area contributed by atoms with Gasteiger partial charge in [-0.25, -0.2) is 4.79 Å². The van der Waals surface area contributed by atoms with Crippen LogP contribution in [0.5, 0.6) is 0 Å². The van der Waals surface area contributed by atoms with Crippen molar-refractivity contribution in [3.05, 3.63) is 47.0 Å². The number of hydrogen-bond donors (Lipinski definition) is 0. The van der Waals surface area contributed by atoms with E-state index in [9.17, 15) is 9.59 Å². The summed E-state index contributed by atoms with van der Waals surface area (Å²) >= 11 is 0. The first-order chi connectivity index (χ1) is 18.4. The molecule has 0 amide bonds. The number of ketones is 1. The van der Waals surface area contributed by atoms with Crippen LogP contribution in [-0.2, 0) is 9.53 Å². The summed E-state index contributed by atoms with van der Waals surface area (Å²) in [7, 11) is 0. The molecule has 0 radical (unpaired) electrons. The first kappa shape index (κ1) is 28.6. The minimum atomic E-state index is -0.200. The molecule has 214 valence electrons. The van der Waals surface area contributed by atoms with Crippen LogP contribution in [0.1, 0.15) is 123 Å². The minimum Gasteiger partial charge on any atom is -0.458 e. The second-order valence-electron chi connectivity index (χ2n) is 15.2. The van der Waals surface area contributed by atoms with Gasteiger partial charge in [-0.1, -0.05) is 91.5 Å². The minimum absolute atomic E-state index is 0.0568. The summed E-state index contributed by atoms with van der Waals surface area (Å²) in [6.45, 7) is 16.7. The monoisotopic (exact) mass is 532 g/mol. The summed E-state index contributed by atoms with van der Waals surface area (Å²) in [6.07, 6.45) is 10.9. The fourth-order valence-electron chi connectivity index (χ4n) is 10.0. The van der Waals surface area contributed by atoms with E-state index in [1.165, 1.54) is 36.8 Å². The molecular formula is C36H52O3. The van der Waals surface area contributed by atoms with Crippen LogP contribution in [-0.4, -0.2) is 17.9 Å². The number of ether oxygens (including phenoxy) is 1. The van der Waals surface area contributed by atoms with Gasteiger partial charge in [-0.05, 0) is 91.1 Å². The Bertz CT molecular complexity index is 1110. The molecule has 0 unspecified atom stereocenters. The number of carbonyl (C=O) groups excluding carboxylic acids is 2. The van der Waals surface area contributed by atoms with E-state index >= 15 is 0 Å². The third-order valence-electron chi connectivity index (χ3n) is 12.1. The van der Waals surface area contributed by atoms with Crippen LogP contribution >= 0.6 is 0 Å². The number of allylic oxidation sites excluding steroid dienone is 2. The average molecular weight is 533 g/mol. The second-order valence-corrected chi connectivity index (χ2v) is 15.2. The molecule has 3 nitrogen and oxygen atoms in total. The van der Waals surface area contributed by atoms with Crippen LogP contribution in [0.4, 0.5) is 0 Å². The molecule has 39 heavy (non-hydrogen) atoms. The fourth-order valence-corrected chi connectivity index (χ4v) is 10.0. The van der Waals surface area contributed by atoms with Gasteiger partial charge in [-0.15, -0.1) is 0 Å². The first-order valence-electron chi connectivity index (χ1n) is 15.9. The van der Waals surface area contributed by atoms with E-state index in [1.54, 1.807) is 0 Å². The summed E-state index contributed by atoms with van der Waals surface area (Å²) in [5.41, 5.74) is 3.54. The zero-order valence-electron chi connectivity index (χ0n) is 25.6. The number of fused-ring (bicyclic) bond motifs is 4. The topological polar surface area (TPSA) is 43.4 Å². The normalized spacial score (nSPS) is 36.3. The molecule has 0 aliphatic heterocycles. The number of Topliss-reactive ketones (excluding diaryl/α,β-unsaturated/α-hetero) is 1. The molecule has 4 aliphatic rings. The standard InChI is InChI=1S/C36H52O3/c1-23(2)12-11-13-24(3)28-22-29(37)32-26-16-17-30-34(4,5)31(39-33(38)25-14-9-8-10-15-25)19-21-35(30,6)27(26)18-20-36(28,32)7/h8-10,14-15,23-24,27-28,30-31H,11-13,16-22H2,1-7H3/t24-,27+,28-,30+,31+,35-,36-/m1/s1. The molecule has 3 fully saturated rings. The Morgan fingerprint density at radius 2 is 1.69 bits per heavy atom. The SMILES string of the molecule is CC(C)CCC[C@@H](C)[C@H]1CC(=O)C2=C3CC[C@H]4C(C)(C)[C@@H](OC(=O)c5ccccc5)CC[C@]4(C)[C@H]3CC[C@@]21C. The highest BCUT2D eigenvalue weighted by atomic mass is 16.5. The van der Waals surface area contributed by atoms with Gasteiger partial charge >= 0.3 is 5.97 Å². The Hall–Kier alpha value is -1.90. The molecule has 0 bridgehead atoms. The fraction of sp³-hybridized carbons (Fsp3) is 0.722. The Morgan fingerprint density at radius 3 is 2.38 bits per heavy atom. The van der Waals surface area contributed by atoms with Crippen LogP contribution in [0.25, 0.3) is 0 Å². The number of esters is 1. The van der Waals surface area contributed by atoms with E-state index in [1.807, 2.05) is 30.3 Å². The van der Waals surface area contributed by atoms with Crippen molar-refractivity contribution < 1.29 is 14.3 Å². The summed E-state index contributed by atoms with van der Waals surface area (Å²) in [5.74, 6) is 3.09. The van der Waals surface area contributed by atoms with Crippen molar-refractivity contribution in [3.63, 3.8) is 0 Å². The van der Waals surface area contributed by atoms with Gasteiger partial charge in [0, 0.05) is 17.4 Å². The molecule has 3 heteroatoms. The predicted molar refractivity (Wildman–Crippen MR) is 158 cm³/mol. The maximum absolute atomic E-state index is 13.7. The molecule has 0 aromatic heterocycles. The molecule has 1 aromatic rings. The van der Waals surface area contributed by atoms with Crippen molar-refractivity contribution in [2.24, 2.45) is 45.8 Å². The van der Waals surface area contributed by atoms with Crippen LogP contribution in [0.3, 0.4) is 0 Å². The lowest BCUT2D eigenvalue weighted by atomic mass is 9.44. The van der Waals surface area contributed by atoms with Gasteiger partial charge in [-0.3, -0.25) is 4.79 Å². The lowest BCUT2D eigenvalue weighted by Gasteiger charge is -2.61. The Morgan fingerprint density at radius 1 is 0.974 bits per heavy atom. The van der Waals surface area contributed by atoms with Gasteiger partial charge in [0.25, 0.3) is 0 Å². The van der Waals surface area contributed by atoms with Crippen LogP contribution in [0.2, 0.25) is 0 Å². The van der Waals surface area contributed by atoms with Crippen LogP contribution in [0.15, 0.2) is 41.5 Å². The number of hydrogen-bond acceptors (Lipinski definition) is 3. The molecule has 7 atom stereocenters. The van der Waals surface area contributed by atoms with Crippen molar-refractivity contribution in [2.75, 3.05) is 0 Å². The molecule has 0 saturated heterocycles. The number of rotatable bonds is 7. The smallest absolute Gasteiger partial charge is 0.338 e. The summed E-state index contributed by atoms with van der Waals surface area (Å²) < 4.78 is 6.21. The molecule has 0 heterocycles. The molecule has 3 saturated carbocycles. The second kappa shape index (κ2) is 10.5. The third kappa shape index (κ3) is 4.84. The Balaban J connectivity index is 1.37. The van der Waals surface area contributed by atoms with Gasteiger partial charge in [0.15, 0.2) is 5.78 Å². The highest BCUT2D eigenvalue weighted by Gasteiger charge is 2.61. The van der Waals surface area contributed by atoms with E-state index < -0.39 is 0 Å². The van der Waals surface area contributed by atoms with Crippen LogP contribution < -0.4 is 0 Å². The van der Waals surface area contributed by atoms with Crippen LogP contribution in [0, 0.1) is 45.8 Å². The molecule has 1 aromatic carbocycles. The lowest BCUT2D eigenvalue weighted by Crippen LogP contribution is -2.57. The average Bonchev–Trinajstić information content (AvgIpc) is 3.16. The van der Waals surface area contributed by atoms with Crippen molar-refractivity contribution in [2.45, 2.75) is 119 Å². The quantitative estimate of drug-likeness (QED) is 0.329. The highest BCUT2D eigenvalue weighted by molar-refractivity contribution is 6.00. The summed E-state index contributed by atoms with van der Waals surface area (Å²) in [6, 6.07) is 9.41. The largest absolute Gasteiger partial charge is 0.458 e. The number of benzene rings is 1. The molecule has 4 aliphatic carbocycles. The van der Waals surface area contributed by atoms with E-state index in [-0.39, 0.29) is 28.3 Å². The van der Waals surface area contributed by atoms with Crippen molar-refractivity contribution in [3.8, 4) is 0 Å². The van der Waals surface area contributed by atoms with Gasteiger partial charge in [0.2, 0.25) is 0 Å². The summed E-state index contributed by atoms with van der Waals surface area (Å²) in [4.78, 5) is 26.7. The first-order valence-corrected chi connectivity index (χ1v) is 15.9. The zero-order valence-corrected chi connectivity index (χ0v) is 25.6. The lowest BCUT2D eigenvalue weighted by molar-refractivity contribution is -0.133. The van der Waals surface area contributed by atoms with Crippen molar-refractivity contribution in [1.82, 2.24) is 0 Å². The van der Waals surface area contributed by atoms with E-state index in [4.69, 9.17) is 4.74 Å². The zero-order chi connectivity index (χ0) is 28.2. The van der Waals surface area contributed by atoms with Gasteiger partial charge in [0.1, 0.15) is 6.10 Å². The highest BCUT2D eigenvalue weighted by Crippen LogP contribution is 2.67. The maximum atomic E-state index is 13.7. The Labute approximate surface area is 237 Å². The van der Waals surface area contributed by atoms with E-state index in [2.05, 4.69) is 48.5 Å². The van der Waals surface area contributed by atoms with Gasteiger partial charge in [0.05, 0.1) is 5.56 Å².